The van der Waals surface area contributed by atoms with E-state index in [0.29, 0.717) is 5.56 Å². The molecule has 0 radical (unpaired) electrons. The molecule has 0 aliphatic carbocycles. The lowest BCUT2D eigenvalue weighted by Crippen LogP contribution is -1.87. The molecule has 0 atom stereocenters. The van der Waals surface area contributed by atoms with Crippen molar-refractivity contribution in [2.45, 2.75) is 19.6 Å². The molecule has 140 valence electrons. The molecule has 4 aromatic rings. The number of nitrogens with zero attached hydrogens (tertiary/aromatic N) is 1. The first kappa shape index (κ1) is 19.2. The zero-order valence-corrected chi connectivity index (χ0v) is 17.1. The van der Waals surface area contributed by atoms with Gasteiger partial charge >= 0.3 is 0 Å². The van der Waals surface area contributed by atoms with Crippen molar-refractivity contribution in [2.75, 3.05) is 0 Å². The number of hydrogen-bond acceptors (Lipinski definition) is 4. The van der Waals surface area contributed by atoms with E-state index >= 15 is 0 Å². The molecule has 1 heterocycles. The lowest BCUT2D eigenvalue weighted by molar-refractivity contribution is 0.482. The van der Waals surface area contributed by atoms with Crippen LogP contribution in [0.1, 0.15) is 5.56 Å². The van der Waals surface area contributed by atoms with E-state index < -0.39 is 0 Å². The molecule has 1 aliphatic heterocycles. The van der Waals surface area contributed by atoms with Crippen LogP contribution in [0.4, 0.5) is 0 Å². The Morgan fingerprint density at radius 1 is 0.517 bits per heavy atom. The van der Waals surface area contributed by atoms with Gasteiger partial charge in [0.1, 0.15) is 11.5 Å². The third kappa shape index (κ3) is 5.03. The van der Waals surface area contributed by atoms with E-state index in [1.807, 2.05) is 53.9 Å². The molecule has 4 aromatic carbocycles. The van der Waals surface area contributed by atoms with Gasteiger partial charge in [0.25, 0.3) is 0 Å². The largest absolute Gasteiger partial charge is 0.457 e. The van der Waals surface area contributed by atoms with Gasteiger partial charge in [-0.3, -0.25) is 0 Å². The van der Waals surface area contributed by atoms with Crippen LogP contribution in [0.5, 0.6) is 11.5 Å². The first-order chi connectivity index (χ1) is 14.3. The van der Waals surface area contributed by atoms with Gasteiger partial charge in [0.05, 0.1) is 11.6 Å². The van der Waals surface area contributed by atoms with Gasteiger partial charge in [-0.15, -0.1) is 0 Å². The van der Waals surface area contributed by atoms with Crippen LogP contribution in [0.25, 0.3) is 0 Å². The second-order valence-corrected chi connectivity index (χ2v) is 8.32. The third-order valence-electron chi connectivity index (χ3n) is 4.10. The highest BCUT2D eigenvalue weighted by Crippen LogP contribution is 2.47. The average Bonchev–Trinajstić information content (AvgIpc) is 2.79. The van der Waals surface area contributed by atoms with E-state index in [-0.39, 0.29) is 0 Å². The molecule has 5 rings (SSSR count). The summed E-state index contributed by atoms with van der Waals surface area (Å²) >= 11 is 3.72. The summed E-state index contributed by atoms with van der Waals surface area (Å²) in [4.78, 5) is 5.49. The predicted octanol–water partition coefficient (Wildman–Crippen LogP) is 7.65. The Labute approximate surface area is 179 Å². The minimum atomic E-state index is 0.635. The molecule has 0 fully saturated rings. The number of nitriles is 1. The molecule has 1 aliphatic rings. The second-order valence-electron chi connectivity index (χ2n) is 6.15. The van der Waals surface area contributed by atoms with Crippen LogP contribution in [-0.2, 0) is 0 Å². The van der Waals surface area contributed by atoms with Crippen molar-refractivity contribution in [2.24, 2.45) is 0 Å². The van der Waals surface area contributed by atoms with Crippen LogP contribution in [0.2, 0.25) is 0 Å². The molecule has 0 saturated carbocycles. The minimum absolute atomic E-state index is 0.635. The fraction of sp³-hybridized carbons (Fsp3) is 0. The van der Waals surface area contributed by atoms with Crippen molar-refractivity contribution in [3.63, 3.8) is 0 Å². The number of hydrogen-bond donors (Lipinski definition) is 0. The first-order valence-electron chi connectivity index (χ1n) is 9.09. The van der Waals surface area contributed by atoms with Gasteiger partial charge < -0.3 is 4.74 Å². The lowest BCUT2D eigenvalue weighted by atomic mass is 10.2. The van der Waals surface area contributed by atoms with E-state index in [1.54, 1.807) is 24.3 Å². The summed E-state index contributed by atoms with van der Waals surface area (Å²) in [5, 5.41) is 8.63. The molecule has 0 aromatic heterocycles. The normalized spacial score (nSPS) is 11.1. The fourth-order valence-electron chi connectivity index (χ4n) is 2.70. The molecule has 0 bridgehead atoms. The standard InChI is InChI=1S/C13H9NO.C12H8S2/c14-10-11-6-8-13(9-7-11)15-12-4-2-1-3-5-12;1-2-6-10-9(5-1)13-11-7-3-4-8-12(11)14-10/h1-9H;1-8H. The molecule has 0 saturated heterocycles. The SMILES string of the molecule is N#Cc1ccc(Oc2ccccc2)cc1.c1ccc2c(c1)Sc1ccccc1S2. The molecular formula is C25H17NOS2. The Morgan fingerprint density at radius 2 is 0.931 bits per heavy atom. The fourth-order valence-corrected chi connectivity index (χ4v) is 4.93. The van der Waals surface area contributed by atoms with Crippen molar-refractivity contribution in [3.8, 4) is 17.6 Å². The molecule has 0 N–H and O–H groups in total. The number of ether oxygens (including phenoxy) is 1. The molecule has 29 heavy (non-hydrogen) atoms. The summed E-state index contributed by atoms with van der Waals surface area (Å²) in [6.07, 6.45) is 0. The van der Waals surface area contributed by atoms with E-state index in [4.69, 9.17) is 10.00 Å². The highest BCUT2D eigenvalue weighted by atomic mass is 32.2. The maximum atomic E-state index is 8.63. The molecule has 2 nitrogen and oxygen atoms in total. The number of para-hydroxylation sites is 1. The average molecular weight is 412 g/mol. The molecular weight excluding hydrogens is 394 g/mol. The highest BCUT2D eigenvalue weighted by molar-refractivity contribution is 8.05. The van der Waals surface area contributed by atoms with Crippen LogP contribution in [0.3, 0.4) is 0 Å². The van der Waals surface area contributed by atoms with Gasteiger partial charge in [0.2, 0.25) is 0 Å². The zero-order chi connectivity index (χ0) is 19.9. The monoisotopic (exact) mass is 411 g/mol. The van der Waals surface area contributed by atoms with Gasteiger partial charge in [-0.05, 0) is 60.7 Å². The van der Waals surface area contributed by atoms with Crippen LogP contribution in [-0.4, -0.2) is 0 Å². The number of benzene rings is 4. The Kier molecular flexibility index (Phi) is 6.21. The van der Waals surface area contributed by atoms with Crippen LogP contribution in [0, 0.1) is 11.3 Å². The Bertz CT molecular complexity index is 1050. The molecule has 0 amide bonds. The zero-order valence-electron chi connectivity index (χ0n) is 15.5. The maximum Gasteiger partial charge on any atom is 0.127 e. The summed E-state index contributed by atoms with van der Waals surface area (Å²) in [6.45, 7) is 0. The second kappa shape index (κ2) is 9.38. The van der Waals surface area contributed by atoms with Crippen LogP contribution >= 0.6 is 23.5 Å². The highest BCUT2D eigenvalue weighted by Gasteiger charge is 2.14. The predicted molar refractivity (Wildman–Crippen MR) is 119 cm³/mol. The lowest BCUT2D eigenvalue weighted by Gasteiger charge is -2.17. The molecule has 0 unspecified atom stereocenters. The number of rotatable bonds is 2. The Balaban J connectivity index is 0.000000141. The van der Waals surface area contributed by atoms with E-state index in [9.17, 15) is 0 Å². The smallest absolute Gasteiger partial charge is 0.127 e. The van der Waals surface area contributed by atoms with E-state index in [1.165, 1.54) is 19.6 Å². The molecule has 4 heteroatoms. The Morgan fingerprint density at radius 3 is 1.38 bits per heavy atom. The van der Waals surface area contributed by atoms with Crippen LogP contribution in [0.15, 0.2) is 123 Å². The van der Waals surface area contributed by atoms with Gasteiger partial charge in [-0.2, -0.15) is 5.26 Å². The van der Waals surface area contributed by atoms with Crippen molar-refractivity contribution in [1.29, 1.82) is 5.26 Å². The van der Waals surface area contributed by atoms with E-state index in [2.05, 4.69) is 54.6 Å². The van der Waals surface area contributed by atoms with Gasteiger partial charge in [0.15, 0.2) is 0 Å². The van der Waals surface area contributed by atoms with Gasteiger partial charge in [-0.1, -0.05) is 66.0 Å². The summed E-state index contributed by atoms with van der Waals surface area (Å²) < 4.78 is 5.57. The summed E-state index contributed by atoms with van der Waals surface area (Å²) in [5.74, 6) is 1.53. The van der Waals surface area contributed by atoms with Gasteiger partial charge in [-0.25, -0.2) is 0 Å². The van der Waals surface area contributed by atoms with Crippen molar-refractivity contribution >= 4 is 23.5 Å². The number of fused-ring (bicyclic) bond motifs is 2. The van der Waals surface area contributed by atoms with Crippen LogP contribution < -0.4 is 4.74 Å². The quantitative estimate of drug-likeness (QED) is 0.299. The first-order valence-corrected chi connectivity index (χ1v) is 10.7. The van der Waals surface area contributed by atoms with Crippen molar-refractivity contribution < 1.29 is 4.74 Å². The summed E-state index contributed by atoms with van der Waals surface area (Å²) in [5.41, 5.74) is 0.635. The maximum absolute atomic E-state index is 8.63. The van der Waals surface area contributed by atoms with Crippen molar-refractivity contribution in [1.82, 2.24) is 0 Å². The Hall–Kier alpha value is -3.13. The summed E-state index contributed by atoms with van der Waals surface area (Å²) in [6, 6.07) is 35.8. The van der Waals surface area contributed by atoms with E-state index in [0.717, 1.165) is 11.5 Å². The topological polar surface area (TPSA) is 33.0 Å². The molecule has 0 spiro atoms. The van der Waals surface area contributed by atoms with Crippen molar-refractivity contribution in [3.05, 3.63) is 109 Å². The third-order valence-corrected chi connectivity index (χ3v) is 6.66. The van der Waals surface area contributed by atoms with Gasteiger partial charge in [0, 0.05) is 19.6 Å². The minimum Gasteiger partial charge on any atom is -0.457 e. The summed E-state index contributed by atoms with van der Waals surface area (Å²) in [7, 11) is 0.